The fraction of sp³-hybridized carbons (Fsp3) is 0.278. The van der Waals surface area contributed by atoms with Crippen LogP contribution in [0.5, 0.6) is 5.75 Å². The van der Waals surface area contributed by atoms with Gasteiger partial charge in [0.05, 0.1) is 5.69 Å². The van der Waals surface area contributed by atoms with Crippen LogP contribution in [-0.2, 0) is 4.79 Å². The summed E-state index contributed by atoms with van der Waals surface area (Å²) in [5.41, 5.74) is 3.99. The van der Waals surface area contributed by atoms with E-state index in [1.54, 1.807) is 6.92 Å². The van der Waals surface area contributed by atoms with Crippen LogP contribution < -0.4 is 10.1 Å². The van der Waals surface area contributed by atoms with E-state index in [4.69, 9.17) is 4.74 Å². The third-order valence-electron chi connectivity index (χ3n) is 3.40. The smallest absolute Gasteiger partial charge is 0.265 e. The van der Waals surface area contributed by atoms with Gasteiger partial charge in [-0.1, -0.05) is 18.2 Å². The number of nitrogens with one attached hydrogen (secondary N) is 1. The number of hydrogen-bond acceptors (Lipinski definition) is 2. The van der Waals surface area contributed by atoms with Gasteiger partial charge in [-0.3, -0.25) is 4.79 Å². The molecular formula is C18H20BrNO2. The molecule has 1 unspecified atom stereocenters. The Balaban J connectivity index is 2.07. The molecule has 0 spiro atoms. The zero-order chi connectivity index (χ0) is 16.3. The van der Waals surface area contributed by atoms with Crippen LogP contribution in [0.4, 0.5) is 5.69 Å². The maximum absolute atomic E-state index is 12.3. The Kier molecular flexibility index (Phi) is 5.24. The van der Waals surface area contributed by atoms with Gasteiger partial charge in [0.2, 0.25) is 0 Å². The molecule has 0 radical (unpaired) electrons. The van der Waals surface area contributed by atoms with Gasteiger partial charge in [0.1, 0.15) is 5.75 Å². The van der Waals surface area contributed by atoms with E-state index in [0.29, 0.717) is 0 Å². The highest BCUT2D eigenvalue weighted by Gasteiger charge is 2.17. The second kappa shape index (κ2) is 6.97. The van der Waals surface area contributed by atoms with Crippen molar-refractivity contribution in [3.63, 3.8) is 0 Å². The lowest BCUT2D eigenvalue weighted by atomic mass is 10.1. The summed E-state index contributed by atoms with van der Waals surface area (Å²) in [6.45, 7) is 7.72. The number of hydrogen-bond donors (Lipinski definition) is 1. The van der Waals surface area contributed by atoms with Crippen molar-refractivity contribution in [2.45, 2.75) is 33.8 Å². The molecule has 0 aromatic heterocycles. The van der Waals surface area contributed by atoms with Crippen molar-refractivity contribution < 1.29 is 9.53 Å². The zero-order valence-corrected chi connectivity index (χ0v) is 14.8. The Morgan fingerprint density at radius 3 is 2.41 bits per heavy atom. The maximum atomic E-state index is 12.3. The molecular weight excluding hydrogens is 342 g/mol. The van der Waals surface area contributed by atoms with Gasteiger partial charge in [-0.2, -0.15) is 0 Å². The standard InChI is InChI=1S/C18H20BrNO2/c1-11-6-8-16(15(19)9-11)20-18(21)14(4)22-17-10-12(2)5-7-13(17)3/h5-10,14H,1-4H3,(H,20,21). The normalized spacial score (nSPS) is 11.9. The lowest BCUT2D eigenvalue weighted by Gasteiger charge is -2.17. The SMILES string of the molecule is Cc1ccc(NC(=O)C(C)Oc2cc(C)ccc2C)c(Br)c1. The van der Waals surface area contributed by atoms with Gasteiger partial charge in [0.25, 0.3) is 5.91 Å². The largest absolute Gasteiger partial charge is 0.481 e. The van der Waals surface area contributed by atoms with Crippen molar-refractivity contribution in [2.24, 2.45) is 0 Å². The van der Waals surface area contributed by atoms with Crippen molar-refractivity contribution in [1.82, 2.24) is 0 Å². The molecule has 0 aliphatic carbocycles. The third-order valence-corrected chi connectivity index (χ3v) is 4.06. The number of rotatable bonds is 4. The fourth-order valence-electron chi connectivity index (χ4n) is 2.03. The first-order valence-corrected chi connectivity index (χ1v) is 7.97. The first-order chi connectivity index (χ1) is 10.4. The lowest BCUT2D eigenvalue weighted by molar-refractivity contribution is -0.122. The van der Waals surface area contributed by atoms with E-state index >= 15 is 0 Å². The molecule has 1 amide bonds. The minimum Gasteiger partial charge on any atom is -0.481 e. The van der Waals surface area contributed by atoms with E-state index in [2.05, 4.69) is 21.2 Å². The Hall–Kier alpha value is -1.81. The number of halogens is 1. The number of ether oxygens (including phenoxy) is 1. The van der Waals surface area contributed by atoms with E-state index in [9.17, 15) is 4.79 Å². The number of carbonyl (C=O) groups excluding carboxylic acids is 1. The Bertz CT molecular complexity index is 697. The van der Waals surface area contributed by atoms with Gasteiger partial charge in [0, 0.05) is 4.47 Å². The van der Waals surface area contributed by atoms with E-state index in [1.165, 1.54) is 0 Å². The molecule has 4 heteroatoms. The van der Waals surface area contributed by atoms with Crippen LogP contribution >= 0.6 is 15.9 Å². The predicted octanol–water partition coefficient (Wildman–Crippen LogP) is 4.78. The van der Waals surface area contributed by atoms with E-state index in [0.717, 1.165) is 32.6 Å². The number of benzene rings is 2. The number of amides is 1. The van der Waals surface area contributed by atoms with Crippen LogP contribution in [0.25, 0.3) is 0 Å². The molecule has 0 saturated carbocycles. The first kappa shape index (κ1) is 16.6. The molecule has 3 nitrogen and oxygen atoms in total. The summed E-state index contributed by atoms with van der Waals surface area (Å²) < 4.78 is 6.66. The summed E-state index contributed by atoms with van der Waals surface area (Å²) in [7, 11) is 0. The minimum atomic E-state index is -0.575. The van der Waals surface area contributed by atoms with Crippen LogP contribution in [0.1, 0.15) is 23.6 Å². The van der Waals surface area contributed by atoms with Crippen molar-refractivity contribution in [3.8, 4) is 5.75 Å². The van der Waals surface area contributed by atoms with Gasteiger partial charge in [-0.05, 0) is 78.5 Å². The maximum Gasteiger partial charge on any atom is 0.265 e. The topological polar surface area (TPSA) is 38.3 Å². The molecule has 0 aliphatic heterocycles. The van der Waals surface area contributed by atoms with Crippen LogP contribution in [0.2, 0.25) is 0 Å². The highest BCUT2D eigenvalue weighted by Crippen LogP contribution is 2.24. The van der Waals surface area contributed by atoms with Crippen molar-refractivity contribution in [1.29, 1.82) is 0 Å². The minimum absolute atomic E-state index is 0.176. The average molecular weight is 362 g/mol. The van der Waals surface area contributed by atoms with E-state index < -0.39 is 6.10 Å². The van der Waals surface area contributed by atoms with Crippen LogP contribution in [0.3, 0.4) is 0 Å². The number of aryl methyl sites for hydroxylation is 3. The Labute approximate surface area is 139 Å². The second-order valence-corrected chi connectivity index (χ2v) is 6.36. The third kappa shape index (κ3) is 4.10. The van der Waals surface area contributed by atoms with Crippen molar-refractivity contribution in [2.75, 3.05) is 5.32 Å². The van der Waals surface area contributed by atoms with Crippen LogP contribution in [0, 0.1) is 20.8 Å². The fourth-order valence-corrected chi connectivity index (χ4v) is 2.63. The lowest BCUT2D eigenvalue weighted by Crippen LogP contribution is -2.30. The molecule has 1 N–H and O–H groups in total. The first-order valence-electron chi connectivity index (χ1n) is 7.18. The molecule has 0 bridgehead atoms. The predicted molar refractivity (Wildman–Crippen MR) is 93.5 cm³/mol. The number of anilines is 1. The van der Waals surface area contributed by atoms with E-state index in [-0.39, 0.29) is 5.91 Å². The second-order valence-electron chi connectivity index (χ2n) is 5.50. The highest BCUT2D eigenvalue weighted by atomic mass is 79.9. The van der Waals surface area contributed by atoms with Crippen molar-refractivity contribution in [3.05, 3.63) is 57.6 Å². The summed E-state index contributed by atoms with van der Waals surface area (Å²) >= 11 is 3.46. The number of carbonyl (C=O) groups is 1. The molecule has 0 heterocycles. The molecule has 2 rings (SSSR count). The molecule has 0 aliphatic rings. The summed E-state index contributed by atoms with van der Waals surface area (Å²) in [5, 5.41) is 2.88. The molecule has 0 saturated heterocycles. The average Bonchev–Trinajstić information content (AvgIpc) is 2.45. The van der Waals surface area contributed by atoms with Gasteiger partial charge >= 0.3 is 0 Å². The van der Waals surface area contributed by atoms with Crippen LogP contribution in [-0.4, -0.2) is 12.0 Å². The summed E-state index contributed by atoms with van der Waals surface area (Å²) in [4.78, 5) is 12.3. The van der Waals surface area contributed by atoms with Gasteiger partial charge in [0.15, 0.2) is 6.10 Å². The molecule has 2 aromatic rings. The summed E-state index contributed by atoms with van der Waals surface area (Å²) in [6, 6.07) is 11.8. The Morgan fingerprint density at radius 1 is 1.09 bits per heavy atom. The molecule has 1 atom stereocenters. The molecule has 0 fully saturated rings. The van der Waals surface area contributed by atoms with Crippen molar-refractivity contribution >= 4 is 27.5 Å². The van der Waals surface area contributed by atoms with Crippen LogP contribution in [0.15, 0.2) is 40.9 Å². The molecule has 22 heavy (non-hydrogen) atoms. The summed E-state index contributed by atoms with van der Waals surface area (Å²) in [5.74, 6) is 0.566. The van der Waals surface area contributed by atoms with Gasteiger partial charge in [-0.15, -0.1) is 0 Å². The monoisotopic (exact) mass is 361 g/mol. The molecule has 116 valence electrons. The van der Waals surface area contributed by atoms with Gasteiger partial charge < -0.3 is 10.1 Å². The van der Waals surface area contributed by atoms with Gasteiger partial charge in [-0.25, -0.2) is 0 Å². The quantitative estimate of drug-likeness (QED) is 0.850. The molecule has 2 aromatic carbocycles. The van der Waals surface area contributed by atoms with E-state index in [1.807, 2.05) is 57.2 Å². The zero-order valence-electron chi connectivity index (χ0n) is 13.2. The Morgan fingerprint density at radius 2 is 1.73 bits per heavy atom. The highest BCUT2D eigenvalue weighted by molar-refractivity contribution is 9.10. The summed E-state index contributed by atoms with van der Waals surface area (Å²) in [6.07, 6.45) is -0.575.